The van der Waals surface area contributed by atoms with Crippen molar-refractivity contribution in [1.82, 2.24) is 19.7 Å². The molecule has 1 aromatic carbocycles. The van der Waals surface area contributed by atoms with Crippen molar-refractivity contribution >= 4 is 22.6 Å². The molecule has 0 radical (unpaired) electrons. The Labute approximate surface area is 231 Å². The molecule has 1 fully saturated rings. The molecule has 4 rings (SSSR count). The number of likely N-dealkylation sites (tertiary alicyclic amines) is 1. The van der Waals surface area contributed by atoms with Gasteiger partial charge in [-0.3, -0.25) is 14.3 Å². The number of nitrogens with zero attached hydrogens (tertiary/aromatic N) is 4. The van der Waals surface area contributed by atoms with Crippen LogP contribution in [0.4, 0.5) is 13.2 Å². The molecule has 0 atom stereocenters. The molecule has 0 unspecified atom stereocenters. The molecule has 8 nitrogen and oxygen atoms in total. The van der Waals surface area contributed by atoms with Crippen LogP contribution < -0.4 is 4.74 Å². The summed E-state index contributed by atoms with van der Waals surface area (Å²) in [6.07, 6.45) is -1.70. The number of alkyl halides is 3. The van der Waals surface area contributed by atoms with Crippen LogP contribution in [0.25, 0.3) is 10.9 Å². The van der Waals surface area contributed by atoms with Gasteiger partial charge in [-0.05, 0) is 56.7 Å². The first-order chi connectivity index (χ1) is 18.7. The van der Waals surface area contributed by atoms with Crippen molar-refractivity contribution in [1.29, 1.82) is 0 Å². The molecule has 40 heavy (non-hydrogen) atoms. The lowest BCUT2D eigenvalue weighted by molar-refractivity contribution is -0.141. The molecule has 0 spiro atoms. The smallest absolute Gasteiger partial charge is 0.433 e. The average molecular weight is 561 g/mol. The van der Waals surface area contributed by atoms with Crippen LogP contribution in [0.5, 0.6) is 5.75 Å². The first-order valence-corrected chi connectivity index (χ1v) is 13.4. The molecular weight excluding hydrogens is 525 g/mol. The van der Waals surface area contributed by atoms with Gasteiger partial charge in [0.15, 0.2) is 5.78 Å². The van der Waals surface area contributed by atoms with E-state index in [4.69, 9.17) is 4.74 Å². The minimum atomic E-state index is -4.65. The number of hydrogen-bond donors (Lipinski definition) is 1. The van der Waals surface area contributed by atoms with Gasteiger partial charge in [-0.2, -0.15) is 18.3 Å². The van der Waals surface area contributed by atoms with Crippen molar-refractivity contribution in [3.05, 3.63) is 53.5 Å². The summed E-state index contributed by atoms with van der Waals surface area (Å²) in [7, 11) is 0. The van der Waals surface area contributed by atoms with Crippen molar-refractivity contribution in [3.8, 4) is 5.75 Å². The zero-order valence-electron chi connectivity index (χ0n) is 23.2. The number of benzene rings is 1. The van der Waals surface area contributed by atoms with Crippen LogP contribution in [-0.4, -0.2) is 61.8 Å². The molecule has 0 bridgehead atoms. The van der Waals surface area contributed by atoms with Gasteiger partial charge in [-0.1, -0.05) is 19.9 Å². The van der Waals surface area contributed by atoms with Crippen molar-refractivity contribution in [2.75, 3.05) is 19.7 Å². The zero-order valence-corrected chi connectivity index (χ0v) is 23.2. The van der Waals surface area contributed by atoms with Crippen LogP contribution in [0.2, 0.25) is 0 Å². The number of rotatable bonds is 9. The molecule has 1 aliphatic heterocycles. The van der Waals surface area contributed by atoms with Crippen molar-refractivity contribution in [2.45, 2.75) is 65.3 Å². The highest BCUT2D eigenvalue weighted by atomic mass is 19.4. The normalized spacial score (nSPS) is 15.2. The van der Waals surface area contributed by atoms with E-state index in [1.54, 1.807) is 41.8 Å². The van der Waals surface area contributed by atoms with E-state index < -0.39 is 23.3 Å². The number of piperidine rings is 1. The van der Waals surface area contributed by atoms with Gasteiger partial charge in [-0.15, -0.1) is 0 Å². The Bertz CT molecular complexity index is 1370. The molecule has 2 aromatic heterocycles. The maximum Gasteiger partial charge on any atom is 0.433 e. The third-order valence-electron chi connectivity index (χ3n) is 7.13. The predicted molar refractivity (Wildman–Crippen MR) is 143 cm³/mol. The quantitative estimate of drug-likeness (QED) is 0.373. The molecule has 3 aromatic rings. The number of Topliss-reactive ketones (excluding diaryl/α,β-unsaturated/α-hetero) is 1. The largest absolute Gasteiger partial charge is 0.493 e. The van der Waals surface area contributed by atoms with Gasteiger partial charge < -0.3 is 14.7 Å². The lowest BCUT2D eigenvalue weighted by Crippen LogP contribution is -2.45. The summed E-state index contributed by atoms with van der Waals surface area (Å²) in [5, 5.41) is 15.5. The van der Waals surface area contributed by atoms with E-state index in [0.29, 0.717) is 41.9 Å². The fraction of sp³-hybridized carbons (Fsp3) is 0.517. The number of carbonyl (C=O) groups excluding carboxylic acids is 2. The second kappa shape index (κ2) is 11.6. The highest BCUT2D eigenvalue weighted by Crippen LogP contribution is 2.30. The summed E-state index contributed by atoms with van der Waals surface area (Å²) in [4.78, 5) is 31.2. The Morgan fingerprint density at radius 3 is 2.48 bits per heavy atom. The van der Waals surface area contributed by atoms with Gasteiger partial charge in [0.05, 0.1) is 17.7 Å². The predicted octanol–water partition coefficient (Wildman–Crippen LogP) is 4.92. The summed E-state index contributed by atoms with van der Waals surface area (Å²) in [5.74, 6) is 0.0912. The standard InChI is InChI=1S/C29H35F3N4O4/c1-18(2)17-40-25-14-23-20(12-19(25)13-24(37)22-6-5-7-26(33-22)29(30,31)32)15-36(34-23)16-27(38)35-10-8-21(9-11-35)28(3,4)39/h5-7,12,14-15,18,21,39H,8-11,13,16-17H2,1-4H3. The summed E-state index contributed by atoms with van der Waals surface area (Å²) in [5.41, 5.74) is -1.11. The lowest BCUT2D eigenvalue weighted by Gasteiger charge is -2.37. The first kappa shape index (κ1) is 29.5. The Morgan fingerprint density at radius 2 is 1.85 bits per heavy atom. The van der Waals surface area contributed by atoms with Crippen LogP contribution in [-0.2, 0) is 23.9 Å². The molecule has 216 valence electrons. The monoisotopic (exact) mass is 560 g/mol. The zero-order chi connectivity index (χ0) is 29.2. The average Bonchev–Trinajstić information content (AvgIpc) is 3.27. The maximum absolute atomic E-state index is 13.1. The van der Waals surface area contributed by atoms with Gasteiger partial charge in [0.1, 0.15) is 23.7 Å². The van der Waals surface area contributed by atoms with Crippen LogP contribution in [0.15, 0.2) is 36.5 Å². The Kier molecular flexibility index (Phi) is 8.53. The van der Waals surface area contributed by atoms with Crippen molar-refractivity contribution in [2.24, 2.45) is 11.8 Å². The van der Waals surface area contributed by atoms with E-state index in [9.17, 15) is 27.9 Å². The van der Waals surface area contributed by atoms with Crippen LogP contribution in [0.1, 0.15) is 62.3 Å². The van der Waals surface area contributed by atoms with Crippen LogP contribution >= 0.6 is 0 Å². The van der Waals surface area contributed by atoms with Crippen LogP contribution in [0.3, 0.4) is 0 Å². The van der Waals surface area contributed by atoms with Gasteiger partial charge in [0, 0.05) is 42.7 Å². The van der Waals surface area contributed by atoms with Gasteiger partial charge in [-0.25, -0.2) is 4.98 Å². The Hall–Kier alpha value is -3.47. The summed E-state index contributed by atoms with van der Waals surface area (Å²) in [6.45, 7) is 9.07. The highest BCUT2D eigenvalue weighted by molar-refractivity contribution is 5.97. The summed E-state index contributed by atoms with van der Waals surface area (Å²) < 4.78 is 46.8. The first-order valence-electron chi connectivity index (χ1n) is 13.4. The van der Waals surface area contributed by atoms with E-state index in [0.717, 1.165) is 25.0 Å². The third-order valence-corrected chi connectivity index (χ3v) is 7.13. The van der Waals surface area contributed by atoms with Gasteiger partial charge >= 0.3 is 6.18 Å². The van der Waals surface area contributed by atoms with E-state index >= 15 is 0 Å². The topological polar surface area (TPSA) is 97.5 Å². The Balaban J connectivity index is 1.54. The molecule has 1 aliphatic rings. The highest BCUT2D eigenvalue weighted by Gasteiger charge is 2.33. The number of aliphatic hydroxyl groups is 1. The molecule has 1 amide bonds. The summed E-state index contributed by atoms with van der Waals surface area (Å²) >= 11 is 0. The molecule has 0 saturated carbocycles. The number of amides is 1. The maximum atomic E-state index is 13.1. The number of carbonyl (C=O) groups is 2. The number of aromatic nitrogens is 3. The molecular formula is C29H35F3N4O4. The second-order valence-corrected chi connectivity index (χ2v) is 11.4. The van der Waals surface area contributed by atoms with Gasteiger partial charge in [0.25, 0.3) is 0 Å². The SMILES string of the molecule is CC(C)COc1cc2nn(CC(=O)N3CCC(C(C)(C)O)CC3)cc2cc1CC(=O)c1cccc(C(F)(F)F)n1. The van der Waals surface area contributed by atoms with E-state index in [1.165, 1.54) is 6.07 Å². The minimum Gasteiger partial charge on any atom is -0.493 e. The number of ether oxygens (including phenoxy) is 1. The minimum absolute atomic E-state index is 0.0342. The fourth-order valence-electron chi connectivity index (χ4n) is 4.85. The molecule has 1 saturated heterocycles. The number of ketones is 1. The molecule has 0 aliphatic carbocycles. The van der Waals surface area contributed by atoms with Gasteiger partial charge in [0.2, 0.25) is 5.91 Å². The third kappa shape index (κ3) is 7.18. The number of pyridine rings is 1. The number of hydrogen-bond acceptors (Lipinski definition) is 6. The van der Waals surface area contributed by atoms with Crippen LogP contribution in [0, 0.1) is 11.8 Å². The fourth-order valence-corrected chi connectivity index (χ4v) is 4.85. The number of halogens is 3. The van der Waals surface area contributed by atoms with E-state index in [-0.39, 0.29) is 36.4 Å². The van der Waals surface area contributed by atoms with Crippen molar-refractivity contribution in [3.63, 3.8) is 0 Å². The molecule has 11 heteroatoms. The van der Waals surface area contributed by atoms with Crippen molar-refractivity contribution < 1.29 is 32.6 Å². The number of fused-ring (bicyclic) bond motifs is 1. The summed E-state index contributed by atoms with van der Waals surface area (Å²) in [6, 6.07) is 6.66. The lowest BCUT2D eigenvalue weighted by atomic mass is 9.83. The van der Waals surface area contributed by atoms with E-state index in [2.05, 4.69) is 10.1 Å². The molecule has 1 N–H and O–H groups in total. The second-order valence-electron chi connectivity index (χ2n) is 11.4. The Morgan fingerprint density at radius 1 is 1.15 bits per heavy atom. The van der Waals surface area contributed by atoms with E-state index in [1.807, 2.05) is 13.8 Å². The molecule has 3 heterocycles.